The van der Waals surface area contributed by atoms with Crippen LogP contribution in [0.3, 0.4) is 0 Å². The van der Waals surface area contributed by atoms with Crippen molar-refractivity contribution in [2.45, 2.75) is 63.1 Å². The molecule has 0 radical (unpaired) electrons. The highest BCUT2D eigenvalue weighted by Crippen LogP contribution is 2.40. The molecule has 0 bridgehead atoms. The average molecular weight is 342 g/mol. The number of hydrogen-bond donors (Lipinski definition) is 1. The number of nitrogens with one attached hydrogen (secondary N) is 1. The molecule has 1 aliphatic carbocycles. The molecule has 25 heavy (non-hydrogen) atoms. The summed E-state index contributed by atoms with van der Waals surface area (Å²) in [7, 11) is 0. The summed E-state index contributed by atoms with van der Waals surface area (Å²) in [5, 5.41) is 3.09. The van der Waals surface area contributed by atoms with Crippen LogP contribution < -0.4 is 5.32 Å². The monoisotopic (exact) mass is 342 g/mol. The summed E-state index contributed by atoms with van der Waals surface area (Å²) < 4.78 is 0. The molecule has 2 aliphatic heterocycles. The number of nitrogens with zero attached hydrogens (tertiary/aromatic N) is 3. The van der Waals surface area contributed by atoms with Gasteiger partial charge in [0, 0.05) is 50.0 Å². The van der Waals surface area contributed by atoms with Crippen molar-refractivity contribution < 1.29 is 9.59 Å². The molecule has 1 saturated carbocycles. The minimum Gasteiger partial charge on any atom is -0.335 e. The van der Waals surface area contributed by atoms with E-state index in [2.05, 4.69) is 15.2 Å². The van der Waals surface area contributed by atoms with E-state index in [9.17, 15) is 9.59 Å². The summed E-state index contributed by atoms with van der Waals surface area (Å²) in [6.45, 7) is 2.17. The van der Waals surface area contributed by atoms with Crippen molar-refractivity contribution in [2.24, 2.45) is 0 Å². The zero-order chi connectivity index (χ0) is 17.3. The van der Waals surface area contributed by atoms with Crippen molar-refractivity contribution in [3.8, 4) is 0 Å². The van der Waals surface area contributed by atoms with E-state index in [1.165, 1.54) is 0 Å². The topological polar surface area (TPSA) is 65.5 Å². The van der Waals surface area contributed by atoms with Crippen LogP contribution >= 0.6 is 0 Å². The number of aromatic nitrogens is 1. The Morgan fingerprint density at radius 2 is 2.00 bits per heavy atom. The Morgan fingerprint density at radius 3 is 2.76 bits per heavy atom. The lowest BCUT2D eigenvalue weighted by molar-refractivity contribution is -0.132. The Hall–Kier alpha value is -2.11. The Labute approximate surface area is 148 Å². The number of likely N-dealkylation sites (tertiary alicyclic amines) is 2. The Bertz CT molecular complexity index is 646. The molecule has 2 saturated heterocycles. The normalized spacial score (nSPS) is 26.8. The average Bonchev–Trinajstić information content (AvgIpc) is 3.41. The minimum absolute atomic E-state index is 0.0737. The third-order valence-corrected chi connectivity index (χ3v) is 5.88. The molecule has 134 valence electrons. The fraction of sp³-hybridized carbons (Fsp3) is 0.632. The van der Waals surface area contributed by atoms with E-state index in [1.807, 2.05) is 17.0 Å². The first-order valence-corrected chi connectivity index (χ1v) is 9.41. The smallest absolute Gasteiger partial charge is 0.317 e. The predicted octanol–water partition coefficient (Wildman–Crippen LogP) is 2.30. The van der Waals surface area contributed by atoms with Gasteiger partial charge in [-0.05, 0) is 56.2 Å². The van der Waals surface area contributed by atoms with Crippen molar-refractivity contribution in [3.05, 3.63) is 30.1 Å². The number of hydrogen-bond acceptors (Lipinski definition) is 3. The molecule has 1 aromatic rings. The van der Waals surface area contributed by atoms with Crippen molar-refractivity contribution >= 4 is 11.9 Å². The van der Waals surface area contributed by atoms with Gasteiger partial charge in [-0.15, -0.1) is 0 Å². The first kappa shape index (κ1) is 16.4. The molecule has 1 N–H and O–H groups in total. The van der Waals surface area contributed by atoms with Gasteiger partial charge >= 0.3 is 6.03 Å². The highest BCUT2D eigenvalue weighted by atomic mass is 16.2. The number of carbonyl (C=O) groups is 2. The van der Waals surface area contributed by atoms with Gasteiger partial charge in [0.25, 0.3) is 0 Å². The summed E-state index contributed by atoms with van der Waals surface area (Å²) in [5.74, 6) is 0.243. The predicted molar refractivity (Wildman–Crippen MR) is 93.7 cm³/mol. The zero-order valence-electron chi connectivity index (χ0n) is 14.6. The molecule has 1 atom stereocenters. The van der Waals surface area contributed by atoms with Gasteiger partial charge in [-0.2, -0.15) is 0 Å². The second-order valence-electron chi connectivity index (χ2n) is 7.62. The van der Waals surface area contributed by atoms with Crippen LogP contribution in [-0.2, 0) is 11.3 Å². The third-order valence-electron chi connectivity index (χ3n) is 5.88. The van der Waals surface area contributed by atoms with Crippen LogP contribution in [0.25, 0.3) is 0 Å². The minimum atomic E-state index is -0.0883. The maximum absolute atomic E-state index is 12.6. The number of carbonyl (C=O) groups excluding carboxylic acids is 2. The van der Waals surface area contributed by atoms with Gasteiger partial charge in [0.2, 0.25) is 5.91 Å². The van der Waals surface area contributed by atoms with Crippen LogP contribution in [0.15, 0.2) is 24.5 Å². The van der Waals surface area contributed by atoms with Gasteiger partial charge in [0.1, 0.15) is 0 Å². The van der Waals surface area contributed by atoms with Crippen molar-refractivity contribution in [2.75, 3.05) is 13.1 Å². The van der Waals surface area contributed by atoms with Crippen LogP contribution in [0.4, 0.5) is 4.79 Å². The number of amides is 3. The molecule has 3 heterocycles. The fourth-order valence-electron chi connectivity index (χ4n) is 4.20. The maximum Gasteiger partial charge on any atom is 0.317 e. The number of rotatable bonds is 3. The molecule has 1 spiro atoms. The lowest BCUT2D eigenvalue weighted by atomic mass is 9.87. The van der Waals surface area contributed by atoms with Gasteiger partial charge in [0.15, 0.2) is 0 Å². The zero-order valence-corrected chi connectivity index (χ0v) is 14.6. The highest BCUT2D eigenvalue weighted by Gasteiger charge is 2.46. The van der Waals surface area contributed by atoms with Crippen molar-refractivity contribution in [1.82, 2.24) is 20.1 Å². The molecule has 4 rings (SSSR count). The van der Waals surface area contributed by atoms with Gasteiger partial charge in [-0.3, -0.25) is 9.78 Å². The molecular weight excluding hydrogens is 316 g/mol. The second kappa shape index (κ2) is 6.65. The van der Waals surface area contributed by atoms with E-state index in [1.54, 1.807) is 12.4 Å². The lowest BCUT2D eigenvalue weighted by Gasteiger charge is -2.38. The molecule has 1 aromatic heterocycles. The van der Waals surface area contributed by atoms with E-state index in [0.29, 0.717) is 19.0 Å². The molecule has 6 heteroatoms. The van der Waals surface area contributed by atoms with E-state index < -0.39 is 0 Å². The first-order valence-electron chi connectivity index (χ1n) is 9.41. The molecule has 1 unspecified atom stereocenters. The molecule has 6 nitrogen and oxygen atoms in total. The molecule has 3 amide bonds. The Balaban J connectivity index is 1.45. The Kier molecular flexibility index (Phi) is 4.36. The SMILES string of the molecule is O=C(NC1CC1)N1CCCC2(CCC(=O)N2Cc2ccncc2)CC1. The summed E-state index contributed by atoms with van der Waals surface area (Å²) in [6.07, 6.45) is 10.1. The van der Waals surface area contributed by atoms with Crippen LogP contribution in [0.2, 0.25) is 0 Å². The van der Waals surface area contributed by atoms with Crippen LogP contribution in [0.1, 0.15) is 50.5 Å². The maximum atomic E-state index is 12.6. The van der Waals surface area contributed by atoms with Gasteiger partial charge in [-0.1, -0.05) is 0 Å². The lowest BCUT2D eigenvalue weighted by Crippen LogP contribution is -2.47. The van der Waals surface area contributed by atoms with Gasteiger partial charge in [-0.25, -0.2) is 4.79 Å². The summed E-state index contributed by atoms with van der Waals surface area (Å²) >= 11 is 0. The van der Waals surface area contributed by atoms with Gasteiger partial charge < -0.3 is 15.1 Å². The van der Waals surface area contributed by atoms with E-state index in [4.69, 9.17) is 0 Å². The van der Waals surface area contributed by atoms with Crippen LogP contribution in [0, 0.1) is 0 Å². The summed E-state index contributed by atoms with van der Waals surface area (Å²) in [5.41, 5.74) is 1.03. The van der Waals surface area contributed by atoms with E-state index >= 15 is 0 Å². The third kappa shape index (κ3) is 3.48. The second-order valence-corrected chi connectivity index (χ2v) is 7.62. The first-order chi connectivity index (χ1) is 12.2. The number of urea groups is 1. The van der Waals surface area contributed by atoms with Gasteiger partial charge in [0.05, 0.1) is 0 Å². The molecular formula is C19H26N4O2. The Morgan fingerprint density at radius 1 is 1.20 bits per heavy atom. The number of pyridine rings is 1. The van der Waals surface area contributed by atoms with E-state index in [-0.39, 0.29) is 17.5 Å². The summed E-state index contributed by atoms with van der Waals surface area (Å²) in [4.78, 5) is 33.0. The molecule has 0 aromatic carbocycles. The standard InChI is InChI=1S/C19H26N4O2/c24-17-4-8-19(23(17)14-15-5-10-20-11-6-15)7-1-12-22(13-9-19)18(25)21-16-2-3-16/h5-6,10-11,16H,1-4,7-9,12-14H2,(H,21,25). The molecule has 3 fully saturated rings. The van der Waals surface area contributed by atoms with Crippen molar-refractivity contribution in [1.29, 1.82) is 0 Å². The van der Waals surface area contributed by atoms with E-state index in [0.717, 1.165) is 57.2 Å². The van der Waals surface area contributed by atoms with Crippen LogP contribution in [-0.4, -0.2) is 51.4 Å². The molecule has 3 aliphatic rings. The fourth-order valence-corrected chi connectivity index (χ4v) is 4.20. The van der Waals surface area contributed by atoms with Crippen molar-refractivity contribution in [3.63, 3.8) is 0 Å². The largest absolute Gasteiger partial charge is 0.335 e. The summed E-state index contributed by atoms with van der Waals surface area (Å²) in [6, 6.07) is 4.42. The van der Waals surface area contributed by atoms with Crippen LogP contribution in [0.5, 0.6) is 0 Å². The highest BCUT2D eigenvalue weighted by molar-refractivity contribution is 5.80. The quantitative estimate of drug-likeness (QED) is 0.917.